The van der Waals surface area contributed by atoms with Crippen LogP contribution in [0.15, 0.2) is 352 Å². The minimum Gasteiger partial charge on any atom is -0.504 e. The number of imidazole rings is 4. The third-order valence-corrected chi connectivity index (χ3v) is 25.6. The molecule has 19 heteroatoms. The molecule has 3 aliphatic rings. The average molecular weight is 2300 g/mol. The van der Waals surface area contributed by atoms with Gasteiger partial charge in [0.1, 0.15) is 11.3 Å². The Morgan fingerprint density at radius 1 is 0.279 bits per heavy atom. The van der Waals surface area contributed by atoms with Gasteiger partial charge in [0, 0.05) is 98.3 Å². The number of nitrogens with zero attached hydrogens (tertiary/aromatic N) is 16. The number of aromatic nitrogens is 10. The number of rotatable bonds is 6. The molecule has 12 heterocycles. The summed E-state index contributed by atoms with van der Waals surface area (Å²) in [6, 6.07) is 134. The van der Waals surface area contributed by atoms with Crippen molar-refractivity contribution in [3.05, 3.63) is 442 Å². The van der Waals surface area contributed by atoms with Crippen molar-refractivity contribution in [1.82, 2.24) is 46.5 Å². The molecule has 0 aliphatic carbocycles. The van der Waals surface area contributed by atoms with Crippen LogP contribution in [0.3, 0.4) is 0 Å². The second kappa shape index (κ2) is 37.9. The van der Waals surface area contributed by atoms with Gasteiger partial charge in [0.2, 0.25) is 5.78 Å². The van der Waals surface area contributed by atoms with Crippen molar-refractivity contribution in [1.29, 1.82) is 0 Å². The maximum Gasteiger partial charge on any atom is 3.00 e. The Balaban J connectivity index is 0.000000106. The normalized spacial score (nSPS) is 12.4. The molecule has 0 unspecified atom stereocenters. The van der Waals surface area contributed by atoms with Crippen molar-refractivity contribution in [2.75, 3.05) is 50.5 Å². The Morgan fingerprint density at radius 2 is 0.632 bits per heavy atom. The van der Waals surface area contributed by atoms with Gasteiger partial charge in [-0.05, 0) is 179 Å². The van der Waals surface area contributed by atoms with Crippen LogP contribution in [0.2, 0.25) is 0 Å². The second-order valence-electron chi connectivity index (χ2n) is 34.0. The topological polar surface area (TPSA) is 98.0 Å². The van der Waals surface area contributed by atoms with E-state index in [1.165, 1.54) is 122 Å². The number of para-hydroxylation sites is 13. The van der Waals surface area contributed by atoms with Crippen LogP contribution >= 0.6 is 0 Å². The first kappa shape index (κ1) is 90.4. The summed E-state index contributed by atoms with van der Waals surface area (Å²) in [5.41, 5.74) is 36.3. The van der Waals surface area contributed by atoms with Gasteiger partial charge in [-0.3, -0.25) is 15.0 Å². The molecular weight excluding hydrogens is 2210 g/mol. The summed E-state index contributed by atoms with van der Waals surface area (Å²) < 4.78 is 13.3. The molecule has 0 radical (unpaired) electrons. The summed E-state index contributed by atoms with van der Waals surface area (Å²) in [7, 11) is 8.31. The Kier molecular flexibility index (Phi) is 25.2. The van der Waals surface area contributed by atoms with Crippen LogP contribution in [-0.2, 0) is 67.4 Å². The number of aryl methyl sites for hydroxylation is 7. The number of hydrogen-bond acceptors (Lipinski definition) is 10. The summed E-state index contributed by atoms with van der Waals surface area (Å²) in [5, 5.41) is 8.04. The quantitative estimate of drug-likeness (QED) is 0.150. The molecule has 666 valence electrons. The summed E-state index contributed by atoms with van der Waals surface area (Å²) in [6.07, 6.45) is 6.46. The Hall–Kier alpha value is -14.8. The summed E-state index contributed by atoms with van der Waals surface area (Å²) in [5.74, 6) is 0.869. The van der Waals surface area contributed by atoms with E-state index >= 15 is 0 Å². The Bertz CT molecular complexity index is 8070. The molecular formula is C117H91Ir3N16. The number of hydrogen-bond donors (Lipinski definition) is 0. The summed E-state index contributed by atoms with van der Waals surface area (Å²) >= 11 is 0. The van der Waals surface area contributed by atoms with Gasteiger partial charge in [0.05, 0.1) is 45.1 Å². The van der Waals surface area contributed by atoms with Gasteiger partial charge >= 0.3 is 60.3 Å². The van der Waals surface area contributed by atoms with E-state index in [2.05, 4.69) is 443 Å². The number of anilines is 9. The molecule has 136 heavy (non-hydrogen) atoms. The molecule has 0 saturated heterocycles. The van der Waals surface area contributed by atoms with Crippen LogP contribution < -0.4 is 29.4 Å². The SMILES string of the molecule is CN1[CH-]N(c2[c-]cccc2)c2ccccc21.CN1[CH-]N(c2[c-]cccc2)c2ccccc21.CN1[CH-]N(c2[c-]cccc2)c2ccccc21.Cc1cccc(C)c1-c1cn2c(n1)c1[c-]cccc1c1c3ccccc3n(C)c12.Cc1cccc(C)c1-c1cn2c(n1)c1[c-]cccc1n1c3ccccc3cc21.Cc1cccc(C)c1-c1cn2c(n1)c1[c-]cccc1n1c3ccccc3nc21.[Ir+3].[Ir+3].[Ir+3]. The molecule has 9 aromatic heterocycles. The first-order valence-corrected chi connectivity index (χ1v) is 44.6. The smallest absolute Gasteiger partial charge is 0.504 e. The average Bonchev–Trinajstić information content (AvgIpc) is 1.94. The van der Waals surface area contributed by atoms with Crippen LogP contribution in [0.5, 0.6) is 0 Å². The van der Waals surface area contributed by atoms with Crippen LogP contribution in [-0.4, -0.2) is 67.6 Å². The fourth-order valence-electron chi connectivity index (χ4n) is 19.5. The third kappa shape index (κ3) is 16.1. The number of pyridine rings is 1. The van der Waals surface area contributed by atoms with E-state index in [-0.39, 0.29) is 60.3 Å². The van der Waals surface area contributed by atoms with Crippen LogP contribution in [0.25, 0.3) is 139 Å². The van der Waals surface area contributed by atoms with E-state index < -0.39 is 0 Å². The predicted molar refractivity (Wildman–Crippen MR) is 548 cm³/mol. The van der Waals surface area contributed by atoms with Gasteiger partial charge in [0.15, 0.2) is 0 Å². The molecule has 0 spiro atoms. The molecule has 0 bridgehead atoms. The molecule has 0 saturated carbocycles. The van der Waals surface area contributed by atoms with Crippen molar-refractivity contribution in [2.24, 2.45) is 7.05 Å². The molecule has 15 aromatic carbocycles. The maximum atomic E-state index is 5.11. The fourth-order valence-corrected chi connectivity index (χ4v) is 19.5. The van der Waals surface area contributed by atoms with Gasteiger partial charge in [-0.15, -0.1) is 95.2 Å². The zero-order valence-corrected chi connectivity index (χ0v) is 83.6. The first-order valence-electron chi connectivity index (χ1n) is 44.6. The van der Waals surface area contributed by atoms with Gasteiger partial charge in [0.25, 0.3) is 0 Å². The largest absolute Gasteiger partial charge is 3.00 e. The van der Waals surface area contributed by atoms with E-state index in [9.17, 15) is 0 Å². The third-order valence-electron chi connectivity index (χ3n) is 25.6. The first-order chi connectivity index (χ1) is 65.2. The number of benzene rings is 15. The standard InChI is InChI=1S/C26H20N3.C25H18N3.C24H17N4.3C14H12N2.3Ir/c1-16-9-8-10-17(2)23(16)21-15-29-25(27-21)19-12-5-4-11-18(19)24-20-13-6-7-14-22(20)28(3)26(24)29;1-16-8-7-9-17(2)24(16)20-15-27-23-14-18-10-3-5-12-21(18)28(23)22-13-6-4-11-19(22)25(27)26-20;1-15-8-7-9-16(2)22(15)19-14-27-23(25-19)17-10-3-5-12-20(17)28-21-13-6-4-11-18(21)26-24(27)28;3*1-15-11-16(12-7-3-2-4-8-12)14-10-6-5-9-13(14)15;;;/h4-11,13-15H,1-3H3;3-10,12-15H,1-2H3;3-9,11-14H,1-2H3;3*2-7,9-11H,1H3;;;/q3*-1;3*-2;3*+3. The van der Waals surface area contributed by atoms with E-state index in [1.807, 2.05) is 91.0 Å². The van der Waals surface area contributed by atoms with Crippen LogP contribution in [0, 0.1) is 97.9 Å². The van der Waals surface area contributed by atoms with E-state index in [0.717, 1.165) is 101 Å². The molecule has 0 fully saturated rings. The monoisotopic (exact) mass is 2300 g/mol. The maximum absolute atomic E-state index is 5.11. The van der Waals surface area contributed by atoms with Gasteiger partial charge in [-0.25, -0.2) is 4.98 Å². The molecule has 3 aliphatic heterocycles. The molecule has 0 atom stereocenters. The predicted octanol–water partition coefficient (Wildman–Crippen LogP) is 27.1. The molecule has 24 aromatic rings. The fraction of sp³-hybridized carbons (Fsp3) is 0.0855. The summed E-state index contributed by atoms with van der Waals surface area (Å²) in [4.78, 5) is 32.9. The Labute approximate surface area is 830 Å². The van der Waals surface area contributed by atoms with E-state index in [1.54, 1.807) is 0 Å². The van der Waals surface area contributed by atoms with Crippen LogP contribution in [0.1, 0.15) is 33.4 Å². The molecule has 0 amide bonds. The van der Waals surface area contributed by atoms with Gasteiger partial charge in [-0.2, -0.15) is 111 Å². The van der Waals surface area contributed by atoms with Crippen molar-refractivity contribution in [3.63, 3.8) is 0 Å². The van der Waals surface area contributed by atoms with Crippen molar-refractivity contribution in [3.8, 4) is 33.8 Å². The van der Waals surface area contributed by atoms with Gasteiger partial charge in [-0.1, -0.05) is 156 Å². The van der Waals surface area contributed by atoms with E-state index in [0.29, 0.717) is 0 Å². The molecule has 27 rings (SSSR count). The minimum absolute atomic E-state index is 0. The summed E-state index contributed by atoms with van der Waals surface area (Å²) in [6.45, 7) is 19.1. The van der Waals surface area contributed by atoms with Gasteiger partial charge < -0.3 is 56.0 Å². The number of fused-ring (bicyclic) bond motifs is 27. The van der Waals surface area contributed by atoms with Crippen LogP contribution in [0.4, 0.5) is 51.2 Å². The van der Waals surface area contributed by atoms with Crippen molar-refractivity contribution >= 4 is 156 Å². The zero-order valence-electron chi connectivity index (χ0n) is 76.4. The van der Waals surface area contributed by atoms with Crippen molar-refractivity contribution < 1.29 is 60.3 Å². The Morgan fingerprint density at radius 3 is 1.10 bits per heavy atom. The second-order valence-corrected chi connectivity index (χ2v) is 34.0. The van der Waals surface area contributed by atoms with E-state index in [4.69, 9.17) is 19.9 Å². The zero-order chi connectivity index (χ0) is 90.2. The molecule has 0 N–H and O–H groups in total. The minimum atomic E-state index is 0. The van der Waals surface area contributed by atoms with Crippen molar-refractivity contribution in [2.45, 2.75) is 41.5 Å². The molecule has 16 nitrogen and oxygen atoms in total.